The highest BCUT2D eigenvalue weighted by Gasteiger charge is 2.42. The number of carbonyl (C=O) groups excluding carboxylic acids is 11. The van der Waals surface area contributed by atoms with Gasteiger partial charge in [-0.15, -0.1) is 0 Å². The number of hydrogen-bond acceptors (Lipinski definition) is 14. The summed E-state index contributed by atoms with van der Waals surface area (Å²) in [6.07, 6.45) is 2.21. The van der Waals surface area contributed by atoms with Crippen molar-refractivity contribution in [2.24, 2.45) is 5.73 Å². The maximum Gasteiger partial charge on any atom is 0.248 e. The zero-order valence-electron chi connectivity index (χ0n) is 37.8. The highest BCUT2D eigenvalue weighted by Crippen LogP contribution is 2.22. The lowest BCUT2D eigenvalue weighted by molar-refractivity contribution is -0.144. The Morgan fingerprint density at radius 3 is 1.26 bits per heavy atom. The molecule has 3 fully saturated rings. The number of rotatable bonds is 22. The van der Waals surface area contributed by atoms with E-state index >= 15 is 0 Å². The Labute approximate surface area is 376 Å². The van der Waals surface area contributed by atoms with E-state index < -0.39 is 139 Å². The van der Waals surface area contributed by atoms with Crippen molar-refractivity contribution >= 4 is 65.0 Å². The molecule has 0 saturated carbocycles. The minimum Gasteiger partial charge on any atom is -0.394 e. The van der Waals surface area contributed by atoms with Crippen molar-refractivity contribution < 1.29 is 63.0 Å². The van der Waals surface area contributed by atoms with Crippen LogP contribution in [0.15, 0.2) is 0 Å². The molecule has 10 unspecified atom stereocenters. The largest absolute Gasteiger partial charge is 0.394 e. The Hall–Kier alpha value is -5.95. The van der Waals surface area contributed by atoms with Crippen LogP contribution in [0, 0.1) is 0 Å². The second kappa shape index (κ2) is 24.9. The summed E-state index contributed by atoms with van der Waals surface area (Å²) >= 11 is 0. The van der Waals surface area contributed by atoms with Gasteiger partial charge < -0.3 is 73.2 Å². The van der Waals surface area contributed by atoms with Gasteiger partial charge in [0.2, 0.25) is 65.0 Å². The van der Waals surface area contributed by atoms with Crippen LogP contribution in [0.5, 0.6) is 0 Å². The van der Waals surface area contributed by atoms with E-state index in [1.807, 2.05) is 0 Å². The van der Waals surface area contributed by atoms with Crippen molar-refractivity contribution in [3.05, 3.63) is 0 Å². The SMILES string of the molecule is CNCCC(=O)NC(C)C(=O)NC(CO)C(=O)N1CCCC1C(=O)NC(C)C(=O)NC(C)C(=O)N1CCCC1C(=O)NC(C)C(=O)N1CCCC1C(=O)NC(C)C(=O)NC(CO)C(N)=O. The second-order valence-corrected chi connectivity index (χ2v) is 16.5. The lowest BCUT2D eigenvalue weighted by Crippen LogP contribution is -2.59. The third kappa shape index (κ3) is 14.5. The molecule has 0 aromatic rings. The number of primary amides is 1. The summed E-state index contributed by atoms with van der Waals surface area (Å²) in [6, 6.07) is -11.4. The Morgan fingerprint density at radius 1 is 0.508 bits per heavy atom. The van der Waals surface area contributed by atoms with Crippen LogP contribution in [0.2, 0.25) is 0 Å². The second-order valence-electron chi connectivity index (χ2n) is 16.5. The van der Waals surface area contributed by atoms with E-state index in [0.717, 1.165) is 0 Å². The van der Waals surface area contributed by atoms with Crippen LogP contribution in [-0.2, 0) is 52.7 Å². The Morgan fingerprint density at radius 2 is 0.862 bits per heavy atom. The molecular formula is C40H66N12O13. The number of nitrogens with zero attached hydrogens (tertiary/aromatic N) is 3. The highest BCUT2D eigenvalue weighted by molar-refractivity contribution is 5.99. The summed E-state index contributed by atoms with van der Waals surface area (Å²) in [4.78, 5) is 146. The van der Waals surface area contributed by atoms with Gasteiger partial charge in [0.1, 0.15) is 60.4 Å². The average Bonchev–Trinajstić information content (AvgIpc) is 4.07. The zero-order chi connectivity index (χ0) is 48.7. The number of amides is 11. The van der Waals surface area contributed by atoms with Crippen LogP contribution in [0.1, 0.15) is 79.6 Å². The summed E-state index contributed by atoms with van der Waals surface area (Å²) in [5.41, 5.74) is 5.14. The first-order valence-electron chi connectivity index (χ1n) is 21.9. The molecule has 11 amide bonds. The minimum absolute atomic E-state index is 0.118. The molecule has 3 aliphatic rings. The van der Waals surface area contributed by atoms with Crippen LogP contribution in [-0.4, -0.2) is 197 Å². The molecule has 0 radical (unpaired) electrons. The van der Waals surface area contributed by atoms with Crippen molar-refractivity contribution in [2.75, 3.05) is 46.4 Å². The first kappa shape index (κ1) is 53.4. The summed E-state index contributed by atoms with van der Waals surface area (Å²) in [6.45, 7) is 6.37. The number of aliphatic hydroxyl groups is 2. The van der Waals surface area contributed by atoms with E-state index in [9.17, 15) is 63.0 Å². The van der Waals surface area contributed by atoms with Gasteiger partial charge in [0.05, 0.1) is 13.2 Å². The van der Waals surface area contributed by atoms with Crippen LogP contribution >= 0.6 is 0 Å². The molecule has 364 valence electrons. The van der Waals surface area contributed by atoms with Crippen LogP contribution in [0.25, 0.3) is 0 Å². The van der Waals surface area contributed by atoms with Crippen LogP contribution in [0.3, 0.4) is 0 Å². The molecule has 3 heterocycles. The molecule has 0 aromatic carbocycles. The van der Waals surface area contributed by atoms with Gasteiger partial charge in [0, 0.05) is 32.6 Å². The summed E-state index contributed by atoms with van der Waals surface area (Å²) in [7, 11) is 1.67. The van der Waals surface area contributed by atoms with E-state index in [1.165, 1.54) is 49.3 Å². The molecule has 10 atom stereocenters. The maximum atomic E-state index is 13.6. The van der Waals surface area contributed by atoms with Crippen LogP contribution in [0.4, 0.5) is 0 Å². The van der Waals surface area contributed by atoms with E-state index in [4.69, 9.17) is 5.73 Å². The van der Waals surface area contributed by atoms with Gasteiger partial charge in [0.15, 0.2) is 0 Å². The molecule has 3 saturated heterocycles. The number of hydrogen-bond donors (Lipinski definition) is 11. The Balaban J connectivity index is 1.53. The molecule has 0 aromatic heterocycles. The molecule has 25 heteroatoms. The van der Waals surface area contributed by atoms with E-state index in [2.05, 4.69) is 42.5 Å². The van der Waals surface area contributed by atoms with Crippen molar-refractivity contribution in [3.8, 4) is 0 Å². The molecule has 0 bridgehead atoms. The molecule has 65 heavy (non-hydrogen) atoms. The number of nitrogens with one attached hydrogen (secondary N) is 8. The average molecular weight is 923 g/mol. The van der Waals surface area contributed by atoms with Gasteiger partial charge >= 0.3 is 0 Å². The van der Waals surface area contributed by atoms with Gasteiger partial charge in [0.25, 0.3) is 0 Å². The van der Waals surface area contributed by atoms with Gasteiger partial charge in [-0.2, -0.15) is 0 Å². The predicted molar refractivity (Wildman–Crippen MR) is 228 cm³/mol. The van der Waals surface area contributed by atoms with Gasteiger partial charge in [-0.3, -0.25) is 52.7 Å². The molecule has 12 N–H and O–H groups in total. The summed E-state index contributed by atoms with van der Waals surface area (Å²) in [5, 5.41) is 39.4. The van der Waals surface area contributed by atoms with Crippen molar-refractivity contribution in [1.82, 2.24) is 57.2 Å². The fraction of sp³-hybridized carbons (Fsp3) is 0.725. The standard InChI is InChI=1S/C40H66N12O13/c1-20(43-30(55)13-14-42-6)33(58)49-26(19-54)40(65)52-17-9-12-29(52)36(61)44-21(2)32(57)46-23(4)38(63)51-16-8-11-28(51)37(62)47-24(5)39(64)50-15-7-10-27(50)35(60)45-22(3)34(59)48-25(18-53)31(41)56/h20-29,42,53-54H,7-19H2,1-6H3,(H2,41,56)(H,43,55)(H,44,61)(H,45,60)(H,46,57)(H,47,62)(H,48,59)(H,49,58). The van der Waals surface area contributed by atoms with Crippen molar-refractivity contribution in [3.63, 3.8) is 0 Å². The summed E-state index contributed by atoms with van der Waals surface area (Å²) in [5.74, 6) is -7.46. The topological polar surface area (TPSA) is 360 Å². The fourth-order valence-corrected chi connectivity index (χ4v) is 7.73. The lowest BCUT2D eigenvalue weighted by atomic mass is 10.1. The van der Waals surface area contributed by atoms with Gasteiger partial charge in [-0.25, -0.2) is 0 Å². The summed E-state index contributed by atoms with van der Waals surface area (Å²) < 4.78 is 0. The molecule has 0 spiro atoms. The molecule has 25 nitrogen and oxygen atoms in total. The smallest absolute Gasteiger partial charge is 0.248 e. The molecular weight excluding hydrogens is 857 g/mol. The van der Waals surface area contributed by atoms with E-state index in [1.54, 1.807) is 7.05 Å². The number of nitrogens with two attached hydrogens (primary N) is 1. The zero-order valence-corrected chi connectivity index (χ0v) is 37.8. The van der Waals surface area contributed by atoms with Crippen LogP contribution < -0.4 is 48.3 Å². The van der Waals surface area contributed by atoms with Crippen molar-refractivity contribution in [2.45, 2.75) is 140 Å². The molecule has 3 aliphatic heterocycles. The van der Waals surface area contributed by atoms with E-state index in [-0.39, 0.29) is 45.3 Å². The first-order valence-corrected chi connectivity index (χ1v) is 21.9. The monoisotopic (exact) mass is 922 g/mol. The third-order valence-electron chi connectivity index (χ3n) is 11.5. The quantitative estimate of drug-likeness (QED) is 0.0481. The van der Waals surface area contributed by atoms with E-state index in [0.29, 0.717) is 25.8 Å². The molecule has 3 rings (SSSR count). The first-order chi connectivity index (χ1) is 30.7. The Bertz CT molecular complexity index is 1800. The Kier molecular flexibility index (Phi) is 20.5. The minimum atomic E-state index is -1.41. The number of aliphatic hydroxyl groups excluding tert-OH is 2. The van der Waals surface area contributed by atoms with Gasteiger partial charge in [-0.05, 0) is 80.2 Å². The fourth-order valence-electron chi connectivity index (χ4n) is 7.73. The number of likely N-dealkylation sites (tertiary alicyclic amines) is 3. The molecule has 0 aliphatic carbocycles. The van der Waals surface area contributed by atoms with Crippen molar-refractivity contribution in [1.29, 1.82) is 0 Å². The third-order valence-corrected chi connectivity index (χ3v) is 11.5. The predicted octanol–water partition coefficient (Wildman–Crippen LogP) is -6.47. The van der Waals surface area contributed by atoms with Gasteiger partial charge in [-0.1, -0.05) is 0 Å². The highest BCUT2D eigenvalue weighted by atomic mass is 16.3. The number of carbonyl (C=O) groups is 11. The normalized spacial score (nSPS) is 21.4. The maximum absolute atomic E-state index is 13.6. The lowest BCUT2D eigenvalue weighted by Gasteiger charge is -2.31.